The highest BCUT2D eigenvalue weighted by Crippen LogP contribution is 2.36. The van der Waals surface area contributed by atoms with Crippen molar-refractivity contribution in [3.05, 3.63) is 41.7 Å². The molecule has 2 heteroatoms. The van der Waals surface area contributed by atoms with Gasteiger partial charge in [0.2, 0.25) is 0 Å². The van der Waals surface area contributed by atoms with E-state index in [0.717, 1.165) is 19.3 Å². The van der Waals surface area contributed by atoms with Crippen molar-refractivity contribution >= 4 is 10.8 Å². The van der Waals surface area contributed by atoms with E-state index >= 15 is 0 Å². The van der Waals surface area contributed by atoms with Gasteiger partial charge in [0.1, 0.15) is 0 Å². The van der Waals surface area contributed by atoms with Gasteiger partial charge in [-0.05, 0) is 47.8 Å². The summed E-state index contributed by atoms with van der Waals surface area (Å²) in [6, 6.07) is 6.70. The molecule has 1 fully saturated rings. The minimum absolute atomic E-state index is 0.0801. The first kappa shape index (κ1) is 11.7. The number of benzene rings is 1. The Kier molecular flexibility index (Phi) is 2.63. The van der Waals surface area contributed by atoms with Gasteiger partial charge in [-0.3, -0.25) is 4.98 Å². The number of aromatic nitrogens is 1. The van der Waals surface area contributed by atoms with Crippen LogP contribution in [0.5, 0.6) is 0 Å². The zero-order valence-corrected chi connectivity index (χ0v) is 11.1. The van der Waals surface area contributed by atoms with E-state index in [1.165, 1.54) is 21.9 Å². The molecule has 94 valence electrons. The van der Waals surface area contributed by atoms with E-state index in [1.54, 1.807) is 0 Å². The van der Waals surface area contributed by atoms with Crippen molar-refractivity contribution in [2.24, 2.45) is 5.73 Å². The molecule has 1 aliphatic rings. The molecule has 1 heterocycles. The Morgan fingerprint density at radius 3 is 2.72 bits per heavy atom. The largest absolute Gasteiger partial charge is 0.325 e. The fraction of sp³-hybridized carbons (Fsp3) is 0.438. The Morgan fingerprint density at radius 1 is 1.28 bits per heavy atom. The third kappa shape index (κ3) is 2.13. The molecule has 0 aliphatic heterocycles. The van der Waals surface area contributed by atoms with E-state index in [-0.39, 0.29) is 5.54 Å². The number of pyridine rings is 1. The van der Waals surface area contributed by atoms with Crippen LogP contribution >= 0.6 is 0 Å². The van der Waals surface area contributed by atoms with Crippen molar-refractivity contribution in [3.8, 4) is 0 Å². The molecule has 3 rings (SSSR count). The Hall–Kier alpha value is -1.41. The topological polar surface area (TPSA) is 38.9 Å². The average Bonchev–Trinajstić information content (AvgIpc) is 3.05. The summed E-state index contributed by atoms with van der Waals surface area (Å²) in [5, 5.41) is 2.56. The van der Waals surface area contributed by atoms with Gasteiger partial charge in [0.05, 0.1) is 0 Å². The van der Waals surface area contributed by atoms with Gasteiger partial charge in [-0.2, -0.15) is 0 Å². The van der Waals surface area contributed by atoms with Gasteiger partial charge in [-0.25, -0.2) is 0 Å². The van der Waals surface area contributed by atoms with Crippen LogP contribution in [0.15, 0.2) is 30.6 Å². The summed E-state index contributed by atoms with van der Waals surface area (Å²) < 4.78 is 0. The summed E-state index contributed by atoms with van der Waals surface area (Å²) in [7, 11) is 0. The first-order valence-electron chi connectivity index (χ1n) is 6.73. The smallest absolute Gasteiger partial charge is 0.0346 e. The van der Waals surface area contributed by atoms with E-state index in [2.05, 4.69) is 37.0 Å². The molecule has 0 unspecified atom stereocenters. The standard InChI is InChI=1S/C16H20N2/c1-11(2)15-10-18-9-13-7-12(3-4-14(13)15)8-16(17)5-6-16/h3-4,7,9-11H,5-6,8,17H2,1-2H3. The highest BCUT2D eigenvalue weighted by atomic mass is 14.8. The zero-order valence-electron chi connectivity index (χ0n) is 11.1. The molecule has 0 spiro atoms. The third-order valence-electron chi connectivity index (χ3n) is 3.92. The molecule has 1 aromatic carbocycles. The highest BCUT2D eigenvalue weighted by Gasteiger charge is 2.37. The van der Waals surface area contributed by atoms with Crippen molar-refractivity contribution in [2.45, 2.75) is 44.6 Å². The molecule has 0 bridgehead atoms. The molecular formula is C16H20N2. The molecular weight excluding hydrogens is 220 g/mol. The van der Waals surface area contributed by atoms with Crippen LogP contribution in [-0.2, 0) is 6.42 Å². The molecule has 1 saturated carbocycles. The van der Waals surface area contributed by atoms with E-state index in [1.807, 2.05) is 12.4 Å². The number of hydrogen-bond donors (Lipinski definition) is 1. The normalized spacial score (nSPS) is 17.3. The summed E-state index contributed by atoms with van der Waals surface area (Å²) in [6.07, 6.45) is 7.26. The van der Waals surface area contributed by atoms with E-state index < -0.39 is 0 Å². The van der Waals surface area contributed by atoms with Gasteiger partial charge in [-0.1, -0.05) is 26.0 Å². The second-order valence-electron chi connectivity index (χ2n) is 5.98. The van der Waals surface area contributed by atoms with Crippen LogP contribution < -0.4 is 5.73 Å². The summed E-state index contributed by atoms with van der Waals surface area (Å²) in [4.78, 5) is 4.36. The molecule has 2 N–H and O–H groups in total. The Bertz CT molecular complexity index is 583. The Morgan fingerprint density at radius 2 is 2.06 bits per heavy atom. The fourth-order valence-electron chi connectivity index (χ4n) is 2.56. The number of hydrogen-bond acceptors (Lipinski definition) is 2. The molecule has 0 atom stereocenters. The molecule has 2 nitrogen and oxygen atoms in total. The van der Waals surface area contributed by atoms with Crippen LogP contribution in [0.4, 0.5) is 0 Å². The van der Waals surface area contributed by atoms with Crippen LogP contribution in [-0.4, -0.2) is 10.5 Å². The quantitative estimate of drug-likeness (QED) is 0.893. The molecule has 1 aliphatic carbocycles. The Balaban J connectivity index is 2.02. The van der Waals surface area contributed by atoms with Gasteiger partial charge in [0, 0.05) is 23.3 Å². The van der Waals surface area contributed by atoms with Crippen LogP contribution in [0.25, 0.3) is 10.8 Å². The van der Waals surface area contributed by atoms with Crippen molar-refractivity contribution in [2.75, 3.05) is 0 Å². The first-order valence-corrected chi connectivity index (χ1v) is 6.73. The van der Waals surface area contributed by atoms with E-state index in [9.17, 15) is 0 Å². The minimum atomic E-state index is 0.0801. The number of fused-ring (bicyclic) bond motifs is 1. The molecule has 2 aromatic rings. The highest BCUT2D eigenvalue weighted by molar-refractivity contribution is 5.85. The lowest BCUT2D eigenvalue weighted by molar-refractivity contribution is 0.672. The summed E-state index contributed by atoms with van der Waals surface area (Å²) in [5.41, 5.74) is 8.93. The zero-order chi connectivity index (χ0) is 12.8. The average molecular weight is 240 g/mol. The minimum Gasteiger partial charge on any atom is -0.325 e. The van der Waals surface area contributed by atoms with E-state index in [4.69, 9.17) is 5.73 Å². The second kappa shape index (κ2) is 4.06. The van der Waals surface area contributed by atoms with Gasteiger partial charge in [-0.15, -0.1) is 0 Å². The van der Waals surface area contributed by atoms with Crippen LogP contribution in [0.1, 0.15) is 43.7 Å². The lowest BCUT2D eigenvalue weighted by atomic mass is 9.96. The molecule has 1 aromatic heterocycles. The number of nitrogens with zero attached hydrogens (tertiary/aromatic N) is 1. The maximum Gasteiger partial charge on any atom is 0.0346 e. The Labute approximate surface area is 108 Å². The summed E-state index contributed by atoms with van der Waals surface area (Å²) in [6.45, 7) is 4.42. The van der Waals surface area contributed by atoms with Crippen molar-refractivity contribution < 1.29 is 0 Å². The number of nitrogens with two attached hydrogens (primary N) is 1. The van der Waals surface area contributed by atoms with Gasteiger partial charge in [0.15, 0.2) is 0 Å². The van der Waals surface area contributed by atoms with Gasteiger partial charge >= 0.3 is 0 Å². The summed E-state index contributed by atoms with van der Waals surface area (Å²) in [5.74, 6) is 0.510. The second-order valence-corrected chi connectivity index (χ2v) is 5.98. The van der Waals surface area contributed by atoms with Crippen LogP contribution in [0, 0.1) is 0 Å². The monoisotopic (exact) mass is 240 g/mol. The lowest BCUT2D eigenvalue weighted by Crippen LogP contribution is -2.24. The third-order valence-corrected chi connectivity index (χ3v) is 3.92. The predicted molar refractivity (Wildman–Crippen MR) is 75.7 cm³/mol. The van der Waals surface area contributed by atoms with Crippen LogP contribution in [0.2, 0.25) is 0 Å². The summed E-state index contributed by atoms with van der Waals surface area (Å²) >= 11 is 0. The van der Waals surface area contributed by atoms with Crippen molar-refractivity contribution in [1.82, 2.24) is 4.98 Å². The molecule has 18 heavy (non-hydrogen) atoms. The molecule has 0 amide bonds. The maximum absolute atomic E-state index is 6.19. The maximum atomic E-state index is 6.19. The van der Waals surface area contributed by atoms with E-state index in [0.29, 0.717) is 5.92 Å². The first-order chi connectivity index (χ1) is 8.57. The number of rotatable bonds is 3. The van der Waals surface area contributed by atoms with Crippen molar-refractivity contribution in [1.29, 1.82) is 0 Å². The SMILES string of the molecule is CC(C)c1cncc2cc(CC3(N)CC3)ccc12. The van der Waals surface area contributed by atoms with Crippen LogP contribution in [0.3, 0.4) is 0 Å². The molecule has 0 saturated heterocycles. The van der Waals surface area contributed by atoms with Gasteiger partial charge in [0.25, 0.3) is 0 Å². The van der Waals surface area contributed by atoms with Crippen molar-refractivity contribution in [3.63, 3.8) is 0 Å². The molecule has 0 radical (unpaired) electrons. The predicted octanol–water partition coefficient (Wildman–Crippen LogP) is 3.39. The fourth-order valence-corrected chi connectivity index (χ4v) is 2.56. The van der Waals surface area contributed by atoms with Gasteiger partial charge < -0.3 is 5.73 Å². The lowest BCUT2D eigenvalue weighted by Gasteiger charge is -2.12.